The van der Waals surface area contributed by atoms with Crippen LogP contribution in [0.15, 0.2) is 54.6 Å². The predicted molar refractivity (Wildman–Crippen MR) is 102 cm³/mol. The minimum Gasteiger partial charge on any atom is -0.480 e. The Morgan fingerprint density at radius 3 is 2.28 bits per heavy atom. The molecule has 29 heavy (non-hydrogen) atoms. The molecule has 0 aliphatic carbocycles. The van der Waals surface area contributed by atoms with Crippen molar-refractivity contribution in [1.82, 2.24) is 10.6 Å². The normalized spacial score (nSPS) is 12.5. The van der Waals surface area contributed by atoms with Crippen LogP contribution in [0.4, 0.5) is 4.79 Å². The minimum atomic E-state index is -1.49. The Hall–Kier alpha value is -3.43. The van der Waals surface area contributed by atoms with E-state index in [1.807, 2.05) is 6.07 Å². The van der Waals surface area contributed by atoms with Crippen LogP contribution in [0.1, 0.15) is 27.6 Å². The highest BCUT2D eigenvalue weighted by Crippen LogP contribution is 2.21. The van der Waals surface area contributed by atoms with Gasteiger partial charge in [-0.2, -0.15) is 0 Å². The van der Waals surface area contributed by atoms with Gasteiger partial charge in [0, 0.05) is 12.1 Å². The van der Waals surface area contributed by atoms with Gasteiger partial charge in [0.25, 0.3) is 5.91 Å². The molecular weight excluding hydrogens is 380 g/mol. The zero-order valence-electron chi connectivity index (χ0n) is 15.4. The summed E-state index contributed by atoms with van der Waals surface area (Å²) < 4.78 is 5.02. The lowest BCUT2D eigenvalue weighted by atomic mass is 9.98. The van der Waals surface area contributed by atoms with Crippen molar-refractivity contribution in [2.24, 2.45) is 0 Å². The first-order chi connectivity index (χ1) is 13.9. The summed E-state index contributed by atoms with van der Waals surface area (Å²) in [5.74, 6) is -1.92. The van der Waals surface area contributed by atoms with Crippen LogP contribution >= 0.6 is 0 Å². The molecule has 0 saturated carbocycles. The number of aliphatic hydroxyl groups is 2. The van der Waals surface area contributed by atoms with Crippen molar-refractivity contribution in [2.45, 2.75) is 18.8 Å². The van der Waals surface area contributed by atoms with Gasteiger partial charge in [0.05, 0.1) is 0 Å². The molecule has 9 nitrogen and oxygen atoms in total. The Morgan fingerprint density at radius 1 is 0.931 bits per heavy atom. The van der Waals surface area contributed by atoms with Gasteiger partial charge in [-0.25, -0.2) is 4.79 Å². The lowest BCUT2D eigenvalue weighted by Crippen LogP contribution is -2.37. The fourth-order valence-corrected chi connectivity index (χ4v) is 2.49. The number of nitrogens with one attached hydrogen (secondary N) is 2. The van der Waals surface area contributed by atoms with E-state index in [1.54, 1.807) is 30.3 Å². The van der Waals surface area contributed by atoms with Crippen LogP contribution in [0.5, 0.6) is 0 Å². The lowest BCUT2D eigenvalue weighted by molar-refractivity contribution is -0.135. The summed E-state index contributed by atoms with van der Waals surface area (Å²) in [6.07, 6.45) is -3.68. The molecule has 2 rings (SSSR count). The summed E-state index contributed by atoms with van der Waals surface area (Å²) in [7, 11) is 0. The van der Waals surface area contributed by atoms with Crippen LogP contribution in [-0.4, -0.2) is 52.5 Å². The zero-order chi connectivity index (χ0) is 21.2. The van der Waals surface area contributed by atoms with E-state index in [0.717, 1.165) is 5.56 Å². The number of benzene rings is 2. The van der Waals surface area contributed by atoms with Crippen molar-refractivity contribution in [3.8, 4) is 0 Å². The van der Waals surface area contributed by atoms with E-state index >= 15 is 0 Å². The average Bonchev–Trinajstić information content (AvgIpc) is 2.74. The van der Waals surface area contributed by atoms with Crippen LogP contribution in [0.2, 0.25) is 0 Å². The maximum absolute atomic E-state index is 12.1. The standard InChI is InChI=1S/C20H22N2O7/c23-16(10-22-20(28)29-12-13-6-2-1-3-7-13)18(26)14-8-4-5-9-15(14)19(27)21-11-17(24)25/h1-9,16,18,23,26H,10-12H2,(H,21,27)(H,22,28)(H,24,25). The van der Waals surface area contributed by atoms with E-state index < -0.39 is 36.7 Å². The van der Waals surface area contributed by atoms with Crippen LogP contribution in [0, 0.1) is 0 Å². The smallest absolute Gasteiger partial charge is 0.407 e. The first-order valence-electron chi connectivity index (χ1n) is 8.78. The third kappa shape index (κ3) is 6.91. The van der Waals surface area contributed by atoms with Crippen molar-refractivity contribution in [1.29, 1.82) is 0 Å². The number of carbonyl (C=O) groups is 3. The van der Waals surface area contributed by atoms with Crippen molar-refractivity contribution >= 4 is 18.0 Å². The van der Waals surface area contributed by atoms with E-state index in [0.29, 0.717) is 0 Å². The maximum Gasteiger partial charge on any atom is 0.407 e. The van der Waals surface area contributed by atoms with Gasteiger partial charge in [0.2, 0.25) is 0 Å². The monoisotopic (exact) mass is 402 g/mol. The molecule has 9 heteroatoms. The molecule has 0 bridgehead atoms. The molecule has 0 heterocycles. The second kappa shape index (κ2) is 10.8. The Morgan fingerprint density at radius 2 is 1.59 bits per heavy atom. The van der Waals surface area contributed by atoms with E-state index in [4.69, 9.17) is 9.84 Å². The molecule has 5 N–H and O–H groups in total. The molecule has 2 aromatic rings. The number of hydrogen-bond donors (Lipinski definition) is 5. The Bertz CT molecular complexity index is 842. The largest absolute Gasteiger partial charge is 0.480 e. The number of aliphatic carboxylic acids is 1. The quantitative estimate of drug-likeness (QED) is 0.417. The lowest BCUT2D eigenvalue weighted by Gasteiger charge is -2.20. The summed E-state index contributed by atoms with van der Waals surface area (Å²) >= 11 is 0. The molecule has 0 aliphatic heterocycles. The van der Waals surface area contributed by atoms with Crippen LogP contribution in [-0.2, 0) is 16.1 Å². The Balaban J connectivity index is 1.90. The number of aliphatic hydroxyl groups excluding tert-OH is 2. The summed E-state index contributed by atoms with van der Waals surface area (Å²) in [6.45, 7) is -0.849. The first kappa shape index (κ1) is 21.9. The molecule has 0 aromatic heterocycles. The first-order valence-corrected chi connectivity index (χ1v) is 8.78. The number of carboxylic acids is 1. The molecule has 0 fully saturated rings. The molecule has 0 aliphatic rings. The van der Waals surface area contributed by atoms with Gasteiger partial charge < -0.3 is 30.7 Å². The fraction of sp³-hybridized carbons (Fsp3) is 0.250. The SMILES string of the molecule is O=C(O)CNC(=O)c1ccccc1C(O)C(O)CNC(=O)OCc1ccccc1. The van der Waals surface area contributed by atoms with E-state index in [9.17, 15) is 24.6 Å². The average molecular weight is 402 g/mol. The van der Waals surface area contributed by atoms with E-state index in [1.165, 1.54) is 18.2 Å². The van der Waals surface area contributed by atoms with Crippen molar-refractivity contribution in [2.75, 3.05) is 13.1 Å². The number of ether oxygens (including phenoxy) is 1. The summed E-state index contributed by atoms with van der Waals surface area (Å²) in [5, 5.41) is 33.8. The van der Waals surface area contributed by atoms with E-state index in [-0.39, 0.29) is 24.3 Å². The summed E-state index contributed by atoms with van der Waals surface area (Å²) in [4.78, 5) is 34.5. The zero-order valence-corrected chi connectivity index (χ0v) is 15.4. The van der Waals surface area contributed by atoms with Gasteiger partial charge in [0.1, 0.15) is 25.4 Å². The van der Waals surface area contributed by atoms with Gasteiger partial charge in [-0.05, 0) is 17.2 Å². The molecule has 2 unspecified atom stereocenters. The molecule has 0 radical (unpaired) electrons. The number of carbonyl (C=O) groups excluding carboxylic acids is 2. The van der Waals surface area contributed by atoms with Crippen LogP contribution in [0.25, 0.3) is 0 Å². The summed E-state index contributed by atoms with van der Waals surface area (Å²) in [5.41, 5.74) is 0.916. The molecule has 2 aromatic carbocycles. The van der Waals surface area contributed by atoms with Gasteiger partial charge in [-0.1, -0.05) is 48.5 Å². The van der Waals surface area contributed by atoms with Gasteiger partial charge in [-0.3, -0.25) is 9.59 Å². The molecule has 154 valence electrons. The molecule has 0 spiro atoms. The summed E-state index contributed by atoms with van der Waals surface area (Å²) in [6, 6.07) is 14.9. The number of rotatable bonds is 9. The second-order valence-electron chi connectivity index (χ2n) is 6.12. The van der Waals surface area contributed by atoms with Crippen molar-refractivity contribution in [3.05, 3.63) is 71.3 Å². The highest BCUT2D eigenvalue weighted by molar-refractivity contribution is 5.97. The molecule has 0 saturated heterocycles. The fourth-order valence-electron chi connectivity index (χ4n) is 2.49. The van der Waals surface area contributed by atoms with Gasteiger partial charge in [-0.15, -0.1) is 0 Å². The predicted octanol–water partition coefficient (Wildman–Crippen LogP) is 0.822. The molecule has 2 atom stereocenters. The number of carboxylic acid groups (broad SMARTS) is 1. The van der Waals surface area contributed by atoms with Gasteiger partial charge >= 0.3 is 12.1 Å². The molecule has 2 amide bonds. The third-order valence-electron chi connectivity index (χ3n) is 3.96. The van der Waals surface area contributed by atoms with E-state index in [2.05, 4.69) is 10.6 Å². The Labute approximate surface area is 166 Å². The maximum atomic E-state index is 12.1. The Kier molecular flexibility index (Phi) is 8.13. The topological polar surface area (TPSA) is 145 Å². The minimum absolute atomic E-state index is 0.0203. The number of amides is 2. The third-order valence-corrected chi connectivity index (χ3v) is 3.96. The molecular formula is C20H22N2O7. The van der Waals surface area contributed by atoms with Crippen LogP contribution < -0.4 is 10.6 Å². The number of hydrogen-bond acceptors (Lipinski definition) is 6. The highest BCUT2D eigenvalue weighted by Gasteiger charge is 2.24. The van der Waals surface area contributed by atoms with Gasteiger partial charge in [0.15, 0.2) is 0 Å². The number of alkyl carbamates (subject to hydrolysis) is 1. The second-order valence-corrected chi connectivity index (χ2v) is 6.12. The van der Waals surface area contributed by atoms with Crippen LogP contribution in [0.3, 0.4) is 0 Å². The van der Waals surface area contributed by atoms with Crippen molar-refractivity contribution < 1.29 is 34.4 Å². The van der Waals surface area contributed by atoms with Crippen molar-refractivity contribution in [3.63, 3.8) is 0 Å². The highest BCUT2D eigenvalue weighted by atomic mass is 16.5.